The average Bonchev–Trinajstić information content (AvgIpc) is 3.38. The van der Waals surface area contributed by atoms with Crippen molar-refractivity contribution < 1.29 is 39.6 Å². The second-order valence-electron chi connectivity index (χ2n) is 11.6. The molecule has 1 heterocycles. The second-order valence-corrected chi connectivity index (χ2v) is 11.6. The number of likely N-dealkylation sites (tertiary alicyclic amines) is 1. The van der Waals surface area contributed by atoms with E-state index in [0.29, 0.717) is 24.1 Å². The van der Waals surface area contributed by atoms with Crippen LogP contribution in [0.1, 0.15) is 42.4 Å². The predicted octanol–water partition coefficient (Wildman–Crippen LogP) is 0.562. The molecule has 1 saturated carbocycles. The molecule has 214 valence electrons. The number of primary amides is 1. The number of aromatic hydroxyl groups is 1. The summed E-state index contributed by atoms with van der Waals surface area (Å²) in [5.41, 5.74) is 2.77. The maximum atomic E-state index is 13.8. The zero-order chi connectivity index (χ0) is 29.1. The van der Waals surface area contributed by atoms with E-state index < -0.39 is 58.0 Å². The predicted molar refractivity (Wildman–Crippen MR) is 143 cm³/mol. The molecule has 0 aromatic heterocycles. The van der Waals surface area contributed by atoms with Gasteiger partial charge in [-0.3, -0.25) is 24.1 Å². The number of likely N-dealkylation sites (N-methyl/N-ethyl adjacent to an activating group) is 1. The number of benzene rings is 1. The number of Topliss-reactive ketones (excluding diaryl/α,β-unsaturated/α-hetero) is 3. The molecule has 40 heavy (non-hydrogen) atoms. The number of ketones is 3. The number of carbonyl (C=O) groups is 4. The molecule has 0 unspecified atom stereocenters. The molecule has 2 fully saturated rings. The van der Waals surface area contributed by atoms with Crippen LogP contribution in [0, 0.1) is 11.8 Å². The standard InChI is InChI=1S/C29H35N3O8/c1-31(2)23-18-13-16-12-15-9-14(10-17(33)5-8-32-6-3-4-7-32)11-19(34)20(15)24(35)21(16)26(37)29(18,40)27(38)22(25(23)36)28(30)39/h9,11,16,18,23,34-35,38,40H,3-8,10,12-13H2,1-2H3,(H2,30,39)/t16-,18-,23-,29-/m0/s1. The molecule has 6 N–H and O–H groups in total. The zero-order valence-electron chi connectivity index (χ0n) is 22.6. The molecule has 1 aliphatic heterocycles. The van der Waals surface area contributed by atoms with Crippen molar-refractivity contribution in [3.63, 3.8) is 0 Å². The van der Waals surface area contributed by atoms with Crippen molar-refractivity contribution in [3.05, 3.63) is 45.7 Å². The first-order chi connectivity index (χ1) is 18.9. The number of aliphatic hydroxyl groups excluding tert-OH is 2. The smallest absolute Gasteiger partial charge is 0.255 e. The first kappa shape index (κ1) is 28.0. The quantitative estimate of drug-likeness (QED) is 0.299. The minimum atomic E-state index is -2.66. The van der Waals surface area contributed by atoms with Crippen LogP contribution in [0.5, 0.6) is 5.75 Å². The van der Waals surface area contributed by atoms with Crippen molar-refractivity contribution in [1.82, 2.24) is 9.80 Å². The van der Waals surface area contributed by atoms with Crippen LogP contribution in [0.25, 0.3) is 5.76 Å². The molecule has 0 spiro atoms. The van der Waals surface area contributed by atoms with Crippen molar-refractivity contribution >= 4 is 29.0 Å². The van der Waals surface area contributed by atoms with Gasteiger partial charge in [0.2, 0.25) is 5.78 Å². The Labute approximate surface area is 231 Å². The third-order valence-electron chi connectivity index (χ3n) is 8.89. The number of nitrogens with two attached hydrogens (primary N) is 1. The van der Waals surface area contributed by atoms with Gasteiger partial charge >= 0.3 is 0 Å². The van der Waals surface area contributed by atoms with Crippen LogP contribution in [0.4, 0.5) is 0 Å². The van der Waals surface area contributed by atoms with Gasteiger partial charge in [-0.2, -0.15) is 0 Å². The molecule has 1 aromatic carbocycles. The van der Waals surface area contributed by atoms with E-state index in [2.05, 4.69) is 4.90 Å². The fraction of sp³-hybridized carbons (Fsp3) is 0.517. The van der Waals surface area contributed by atoms with Gasteiger partial charge < -0.3 is 31.1 Å². The van der Waals surface area contributed by atoms with Crippen molar-refractivity contribution in [1.29, 1.82) is 0 Å². The van der Waals surface area contributed by atoms with E-state index in [1.165, 1.54) is 11.0 Å². The summed E-state index contributed by atoms with van der Waals surface area (Å²) in [7, 11) is 3.11. The normalized spacial score (nSPS) is 28.6. The summed E-state index contributed by atoms with van der Waals surface area (Å²) in [6.07, 6.45) is 3.00. The molecule has 1 amide bonds. The van der Waals surface area contributed by atoms with Crippen LogP contribution in [-0.4, -0.2) is 98.9 Å². The number of fused-ring (bicyclic) bond motifs is 3. The lowest BCUT2D eigenvalue weighted by Crippen LogP contribution is -2.65. The molecule has 0 bridgehead atoms. The van der Waals surface area contributed by atoms with Crippen molar-refractivity contribution in [2.75, 3.05) is 33.7 Å². The molecular formula is C29H35N3O8. The number of hydrogen-bond donors (Lipinski definition) is 5. The molecule has 1 saturated heterocycles. The first-order valence-corrected chi connectivity index (χ1v) is 13.6. The van der Waals surface area contributed by atoms with Gasteiger partial charge in [0.05, 0.1) is 11.6 Å². The Hall–Kier alpha value is -3.54. The fourth-order valence-corrected chi connectivity index (χ4v) is 7.04. The highest BCUT2D eigenvalue weighted by Crippen LogP contribution is 2.52. The molecule has 11 nitrogen and oxygen atoms in total. The van der Waals surface area contributed by atoms with E-state index in [0.717, 1.165) is 25.9 Å². The summed E-state index contributed by atoms with van der Waals surface area (Å²) in [5.74, 6) is -6.83. The first-order valence-electron chi connectivity index (χ1n) is 13.6. The molecule has 5 rings (SSSR count). The van der Waals surface area contributed by atoms with Crippen LogP contribution in [0.2, 0.25) is 0 Å². The van der Waals surface area contributed by atoms with Crippen LogP contribution >= 0.6 is 0 Å². The largest absolute Gasteiger partial charge is 0.508 e. The topological polar surface area (TPSA) is 182 Å². The Kier molecular flexibility index (Phi) is 7.10. The van der Waals surface area contributed by atoms with E-state index >= 15 is 0 Å². The molecule has 11 heteroatoms. The van der Waals surface area contributed by atoms with Gasteiger partial charge in [0.15, 0.2) is 11.4 Å². The number of phenolic OH excluding ortho intramolecular Hbond substituents is 1. The van der Waals surface area contributed by atoms with Crippen molar-refractivity contribution in [3.8, 4) is 5.75 Å². The number of hydrogen-bond acceptors (Lipinski definition) is 10. The van der Waals surface area contributed by atoms with Crippen LogP contribution in [0.3, 0.4) is 0 Å². The molecule has 4 aliphatic rings. The monoisotopic (exact) mass is 553 g/mol. The van der Waals surface area contributed by atoms with E-state index in [1.807, 2.05) is 0 Å². The maximum absolute atomic E-state index is 13.8. The number of carbonyl (C=O) groups excluding carboxylic acids is 4. The van der Waals surface area contributed by atoms with E-state index in [9.17, 15) is 39.6 Å². The lowest BCUT2D eigenvalue weighted by atomic mass is 9.57. The second kappa shape index (κ2) is 10.1. The van der Waals surface area contributed by atoms with Gasteiger partial charge in [0.1, 0.15) is 28.6 Å². The van der Waals surface area contributed by atoms with Gasteiger partial charge in [-0.05, 0) is 76.0 Å². The summed E-state index contributed by atoms with van der Waals surface area (Å²) in [6.45, 7) is 2.69. The zero-order valence-corrected chi connectivity index (χ0v) is 22.6. The summed E-state index contributed by atoms with van der Waals surface area (Å²) in [4.78, 5) is 55.4. The Morgan fingerprint density at radius 2 is 1.80 bits per heavy atom. The SMILES string of the molecule is CN(C)[C@@H]1C(=O)C(C(N)=O)=C(O)[C@@]2(O)C(=O)C3=C(O)c4c(O)cc(CC(=O)CCN5CCCC5)cc4C[C@H]3C[C@@H]12. The summed E-state index contributed by atoms with van der Waals surface area (Å²) in [5, 5.41) is 44.6. The Balaban J connectivity index is 1.50. The number of amides is 1. The fourth-order valence-electron chi connectivity index (χ4n) is 7.04. The van der Waals surface area contributed by atoms with Crippen molar-refractivity contribution in [2.24, 2.45) is 17.6 Å². The lowest BCUT2D eigenvalue weighted by Gasteiger charge is -2.50. The number of rotatable bonds is 7. The Morgan fingerprint density at radius 3 is 2.42 bits per heavy atom. The Morgan fingerprint density at radius 1 is 1.12 bits per heavy atom. The summed E-state index contributed by atoms with van der Waals surface area (Å²) in [6, 6.07) is 1.99. The van der Waals surface area contributed by atoms with Gasteiger partial charge in [-0.1, -0.05) is 6.07 Å². The van der Waals surface area contributed by atoms with Gasteiger partial charge in [-0.15, -0.1) is 0 Å². The number of aliphatic hydroxyl groups is 3. The molecular weight excluding hydrogens is 518 g/mol. The van der Waals surface area contributed by atoms with E-state index in [1.54, 1.807) is 20.2 Å². The van der Waals surface area contributed by atoms with Crippen LogP contribution in [-0.2, 0) is 32.0 Å². The molecule has 3 aliphatic carbocycles. The average molecular weight is 554 g/mol. The third kappa shape index (κ3) is 4.32. The van der Waals surface area contributed by atoms with Crippen LogP contribution < -0.4 is 5.73 Å². The van der Waals surface area contributed by atoms with E-state index in [4.69, 9.17) is 5.73 Å². The minimum Gasteiger partial charge on any atom is -0.508 e. The lowest BCUT2D eigenvalue weighted by molar-refractivity contribution is -0.153. The highest BCUT2D eigenvalue weighted by atomic mass is 16.3. The Bertz CT molecular complexity index is 1370. The van der Waals surface area contributed by atoms with Gasteiger partial charge in [0, 0.05) is 30.9 Å². The van der Waals surface area contributed by atoms with Gasteiger partial charge in [0.25, 0.3) is 5.91 Å². The number of phenols is 1. The highest BCUT2D eigenvalue weighted by Gasteiger charge is 2.64. The maximum Gasteiger partial charge on any atom is 0.255 e. The van der Waals surface area contributed by atoms with Gasteiger partial charge in [-0.25, -0.2) is 0 Å². The molecule has 0 radical (unpaired) electrons. The van der Waals surface area contributed by atoms with Crippen molar-refractivity contribution in [2.45, 2.75) is 50.2 Å². The molecule has 4 atom stereocenters. The summed E-state index contributed by atoms with van der Waals surface area (Å²) >= 11 is 0. The number of nitrogens with zero attached hydrogens (tertiary/aromatic N) is 2. The van der Waals surface area contributed by atoms with E-state index in [-0.39, 0.29) is 41.9 Å². The molecule has 1 aromatic rings. The minimum absolute atomic E-state index is 0.0181. The van der Waals surface area contributed by atoms with Crippen LogP contribution in [0.15, 0.2) is 29.0 Å². The highest BCUT2D eigenvalue weighted by molar-refractivity contribution is 6.24. The third-order valence-corrected chi connectivity index (χ3v) is 8.89. The summed E-state index contributed by atoms with van der Waals surface area (Å²) < 4.78 is 0.